The van der Waals surface area contributed by atoms with Crippen molar-refractivity contribution in [1.82, 2.24) is 0 Å². The summed E-state index contributed by atoms with van der Waals surface area (Å²) in [5, 5.41) is 12.8. The number of nitriles is 1. The molecular formula is C16H15ClN2. The van der Waals surface area contributed by atoms with Gasteiger partial charge in [-0.15, -0.1) is 0 Å². The molecule has 0 radical (unpaired) electrons. The molecule has 2 rings (SSSR count). The van der Waals surface area contributed by atoms with E-state index in [1.807, 2.05) is 6.07 Å². The van der Waals surface area contributed by atoms with Crippen molar-refractivity contribution in [1.29, 1.82) is 5.26 Å². The Kier molecular flexibility index (Phi) is 4.09. The van der Waals surface area contributed by atoms with Gasteiger partial charge in [-0.2, -0.15) is 5.26 Å². The van der Waals surface area contributed by atoms with Crippen LogP contribution in [-0.2, 0) is 6.54 Å². The second-order valence-corrected chi connectivity index (χ2v) is 4.93. The number of benzene rings is 2. The van der Waals surface area contributed by atoms with E-state index in [-0.39, 0.29) is 0 Å². The average Bonchev–Trinajstić information content (AvgIpc) is 2.42. The van der Waals surface area contributed by atoms with Gasteiger partial charge in [0, 0.05) is 12.2 Å². The summed E-state index contributed by atoms with van der Waals surface area (Å²) >= 11 is 5.91. The summed E-state index contributed by atoms with van der Waals surface area (Å²) in [6.45, 7) is 4.96. The molecule has 0 aliphatic heterocycles. The normalized spacial score (nSPS) is 10.0. The topological polar surface area (TPSA) is 35.8 Å². The summed E-state index contributed by atoms with van der Waals surface area (Å²) in [6.07, 6.45) is 0. The molecule has 0 amide bonds. The number of aryl methyl sites for hydroxylation is 1. The molecule has 96 valence electrons. The minimum Gasteiger partial charge on any atom is -0.381 e. The first kappa shape index (κ1) is 13.5. The second-order valence-electron chi connectivity index (χ2n) is 4.52. The monoisotopic (exact) mass is 270 g/mol. The van der Waals surface area contributed by atoms with Crippen LogP contribution in [-0.4, -0.2) is 0 Å². The molecule has 0 fully saturated rings. The van der Waals surface area contributed by atoms with E-state index in [1.165, 1.54) is 16.7 Å². The second kappa shape index (κ2) is 5.77. The van der Waals surface area contributed by atoms with Crippen LogP contribution in [0.5, 0.6) is 0 Å². The van der Waals surface area contributed by atoms with Gasteiger partial charge in [-0.1, -0.05) is 29.8 Å². The maximum atomic E-state index is 8.95. The lowest BCUT2D eigenvalue weighted by Gasteiger charge is -2.11. The third-order valence-electron chi connectivity index (χ3n) is 3.29. The highest BCUT2D eigenvalue weighted by atomic mass is 35.5. The van der Waals surface area contributed by atoms with Gasteiger partial charge >= 0.3 is 0 Å². The molecule has 0 saturated carbocycles. The predicted molar refractivity (Wildman–Crippen MR) is 79.4 cm³/mol. The highest BCUT2D eigenvalue weighted by Crippen LogP contribution is 2.21. The van der Waals surface area contributed by atoms with Crippen molar-refractivity contribution in [3.05, 3.63) is 63.7 Å². The largest absolute Gasteiger partial charge is 0.381 e. The maximum absolute atomic E-state index is 8.95. The standard InChI is InChI=1S/C16H15ClN2/c1-11-4-3-5-13(12(11)2)10-19-15-6-7-16(17)14(8-15)9-18/h3-8,19H,10H2,1-2H3. The van der Waals surface area contributed by atoms with Crippen molar-refractivity contribution >= 4 is 17.3 Å². The summed E-state index contributed by atoms with van der Waals surface area (Å²) in [4.78, 5) is 0. The van der Waals surface area contributed by atoms with Gasteiger partial charge in [-0.25, -0.2) is 0 Å². The van der Waals surface area contributed by atoms with Crippen molar-refractivity contribution in [2.75, 3.05) is 5.32 Å². The lowest BCUT2D eigenvalue weighted by molar-refractivity contribution is 1.10. The van der Waals surface area contributed by atoms with E-state index in [1.54, 1.807) is 12.1 Å². The number of anilines is 1. The Balaban J connectivity index is 2.15. The van der Waals surface area contributed by atoms with Gasteiger partial charge in [-0.3, -0.25) is 0 Å². The Bertz CT molecular complexity index is 642. The van der Waals surface area contributed by atoms with Crippen molar-refractivity contribution in [3.8, 4) is 6.07 Å². The number of rotatable bonds is 3. The molecule has 2 nitrogen and oxygen atoms in total. The molecule has 1 N–H and O–H groups in total. The summed E-state index contributed by atoms with van der Waals surface area (Å²) in [5.74, 6) is 0. The van der Waals surface area contributed by atoms with Gasteiger partial charge in [0.15, 0.2) is 0 Å². The molecule has 0 unspecified atom stereocenters. The van der Waals surface area contributed by atoms with Crippen molar-refractivity contribution in [2.24, 2.45) is 0 Å². The van der Waals surface area contributed by atoms with Crippen LogP contribution in [0, 0.1) is 25.2 Å². The fourth-order valence-corrected chi connectivity index (χ4v) is 2.08. The SMILES string of the molecule is Cc1cccc(CNc2ccc(Cl)c(C#N)c2)c1C. The van der Waals surface area contributed by atoms with E-state index in [0.29, 0.717) is 10.6 Å². The lowest BCUT2D eigenvalue weighted by atomic mass is 10.0. The van der Waals surface area contributed by atoms with E-state index < -0.39 is 0 Å². The first-order valence-electron chi connectivity index (χ1n) is 6.10. The van der Waals surface area contributed by atoms with Gasteiger partial charge in [0.1, 0.15) is 6.07 Å². The molecule has 3 heteroatoms. The van der Waals surface area contributed by atoms with E-state index in [0.717, 1.165) is 12.2 Å². The van der Waals surface area contributed by atoms with E-state index in [4.69, 9.17) is 16.9 Å². The van der Waals surface area contributed by atoms with Gasteiger partial charge < -0.3 is 5.32 Å². The number of hydrogen-bond acceptors (Lipinski definition) is 2. The third kappa shape index (κ3) is 3.07. The molecule has 2 aromatic carbocycles. The van der Waals surface area contributed by atoms with Crippen LogP contribution in [0.15, 0.2) is 36.4 Å². The van der Waals surface area contributed by atoms with E-state index >= 15 is 0 Å². The average molecular weight is 271 g/mol. The minimum atomic E-state index is 0.486. The summed E-state index contributed by atoms with van der Waals surface area (Å²) < 4.78 is 0. The number of hydrogen-bond donors (Lipinski definition) is 1. The van der Waals surface area contributed by atoms with Gasteiger partial charge in [-0.05, 0) is 48.7 Å². The maximum Gasteiger partial charge on any atom is 0.101 e. The summed E-state index contributed by atoms with van der Waals surface area (Å²) in [7, 11) is 0. The van der Waals surface area contributed by atoms with E-state index in [2.05, 4.69) is 43.4 Å². The zero-order chi connectivity index (χ0) is 13.8. The quantitative estimate of drug-likeness (QED) is 0.895. The highest BCUT2D eigenvalue weighted by molar-refractivity contribution is 6.31. The molecular weight excluding hydrogens is 256 g/mol. The molecule has 0 atom stereocenters. The van der Waals surface area contributed by atoms with Crippen LogP contribution in [0.4, 0.5) is 5.69 Å². The van der Waals surface area contributed by atoms with Crippen LogP contribution >= 0.6 is 11.6 Å². The molecule has 0 aromatic heterocycles. The minimum absolute atomic E-state index is 0.486. The molecule has 0 saturated heterocycles. The van der Waals surface area contributed by atoms with Gasteiger partial charge in [0.2, 0.25) is 0 Å². The first-order chi connectivity index (χ1) is 9.11. The van der Waals surface area contributed by atoms with Crippen LogP contribution in [0.2, 0.25) is 5.02 Å². The lowest BCUT2D eigenvalue weighted by Crippen LogP contribution is -2.02. The van der Waals surface area contributed by atoms with Crippen molar-refractivity contribution in [2.45, 2.75) is 20.4 Å². The number of nitrogens with one attached hydrogen (secondary N) is 1. The fourth-order valence-electron chi connectivity index (χ4n) is 1.92. The van der Waals surface area contributed by atoms with E-state index in [9.17, 15) is 0 Å². The Morgan fingerprint density at radius 1 is 1.21 bits per heavy atom. The summed E-state index contributed by atoms with van der Waals surface area (Å²) in [6, 6.07) is 13.7. The zero-order valence-electron chi connectivity index (χ0n) is 11.0. The molecule has 0 spiro atoms. The van der Waals surface area contributed by atoms with Crippen LogP contribution < -0.4 is 5.32 Å². The predicted octanol–water partition coefficient (Wildman–Crippen LogP) is 4.44. The summed E-state index contributed by atoms with van der Waals surface area (Å²) in [5.41, 5.74) is 5.24. The Labute approximate surface area is 118 Å². The van der Waals surface area contributed by atoms with Crippen molar-refractivity contribution < 1.29 is 0 Å². The Morgan fingerprint density at radius 3 is 2.74 bits per heavy atom. The molecule has 0 heterocycles. The molecule has 2 aromatic rings. The Hall–Kier alpha value is -1.98. The first-order valence-corrected chi connectivity index (χ1v) is 6.48. The number of halogens is 1. The highest BCUT2D eigenvalue weighted by Gasteiger charge is 2.03. The van der Waals surface area contributed by atoms with Crippen LogP contribution in [0.3, 0.4) is 0 Å². The zero-order valence-corrected chi connectivity index (χ0v) is 11.8. The fraction of sp³-hybridized carbons (Fsp3) is 0.188. The molecule has 19 heavy (non-hydrogen) atoms. The smallest absolute Gasteiger partial charge is 0.101 e. The van der Waals surface area contributed by atoms with Crippen LogP contribution in [0.1, 0.15) is 22.3 Å². The Morgan fingerprint density at radius 2 is 2.00 bits per heavy atom. The van der Waals surface area contributed by atoms with Gasteiger partial charge in [0.25, 0.3) is 0 Å². The number of nitrogens with zero attached hydrogens (tertiary/aromatic N) is 1. The van der Waals surface area contributed by atoms with Crippen molar-refractivity contribution in [3.63, 3.8) is 0 Å². The van der Waals surface area contributed by atoms with Crippen LogP contribution in [0.25, 0.3) is 0 Å². The molecule has 0 aliphatic rings. The van der Waals surface area contributed by atoms with Gasteiger partial charge in [0.05, 0.1) is 10.6 Å². The molecule has 0 aliphatic carbocycles. The molecule has 0 bridgehead atoms. The third-order valence-corrected chi connectivity index (χ3v) is 3.62.